The number of fused-ring (bicyclic) bond motifs is 1. The number of rotatable bonds is 1. The summed E-state index contributed by atoms with van der Waals surface area (Å²) in [5.74, 6) is 4.81. The zero-order chi connectivity index (χ0) is 14.3. The van der Waals surface area contributed by atoms with E-state index in [2.05, 4.69) is 20.8 Å². The summed E-state index contributed by atoms with van der Waals surface area (Å²) >= 11 is 0. The van der Waals surface area contributed by atoms with E-state index in [-0.39, 0.29) is 0 Å². The Morgan fingerprint density at radius 2 is 1.85 bits per heavy atom. The van der Waals surface area contributed by atoms with Crippen LogP contribution in [0.15, 0.2) is 0 Å². The van der Waals surface area contributed by atoms with Crippen LogP contribution in [0.2, 0.25) is 0 Å². The first-order valence-electron chi connectivity index (χ1n) is 9.32. The average molecular weight is 277 g/mol. The molecule has 1 spiro atoms. The van der Waals surface area contributed by atoms with Gasteiger partial charge < -0.3 is 5.73 Å². The van der Waals surface area contributed by atoms with Gasteiger partial charge in [0.15, 0.2) is 0 Å². The summed E-state index contributed by atoms with van der Waals surface area (Å²) in [4.78, 5) is 0. The van der Waals surface area contributed by atoms with E-state index in [1.54, 1.807) is 0 Å². The van der Waals surface area contributed by atoms with Gasteiger partial charge in [0.05, 0.1) is 0 Å². The topological polar surface area (TPSA) is 26.0 Å². The van der Waals surface area contributed by atoms with Crippen LogP contribution in [-0.2, 0) is 0 Å². The van der Waals surface area contributed by atoms with Crippen LogP contribution in [0.1, 0.15) is 78.6 Å². The maximum absolute atomic E-state index is 6.29. The molecular formula is C19H35N. The van der Waals surface area contributed by atoms with Crippen molar-refractivity contribution in [1.82, 2.24) is 0 Å². The van der Waals surface area contributed by atoms with E-state index in [1.807, 2.05) is 0 Å². The van der Waals surface area contributed by atoms with Gasteiger partial charge in [0.25, 0.3) is 0 Å². The fraction of sp³-hybridized carbons (Fsp3) is 1.00. The van der Waals surface area contributed by atoms with E-state index in [1.165, 1.54) is 57.8 Å². The highest BCUT2D eigenvalue weighted by molar-refractivity contribution is 5.01. The monoisotopic (exact) mass is 277 g/mol. The fourth-order valence-corrected chi connectivity index (χ4v) is 6.39. The number of nitrogens with two attached hydrogens (primary N) is 1. The van der Waals surface area contributed by atoms with Crippen LogP contribution in [0.3, 0.4) is 0 Å². The molecule has 1 nitrogen and oxygen atoms in total. The summed E-state index contributed by atoms with van der Waals surface area (Å²) in [7, 11) is 0. The van der Waals surface area contributed by atoms with Crippen molar-refractivity contribution in [3.8, 4) is 0 Å². The smallest absolute Gasteiger partial charge is 0.00444 e. The predicted octanol–water partition coefficient (Wildman–Crippen LogP) is 4.99. The lowest BCUT2D eigenvalue weighted by Gasteiger charge is -2.56. The van der Waals surface area contributed by atoms with E-state index in [0.717, 1.165) is 35.0 Å². The molecule has 0 radical (unpaired) electrons. The fourth-order valence-electron chi connectivity index (χ4n) is 6.39. The summed E-state index contributed by atoms with van der Waals surface area (Å²) < 4.78 is 0. The molecule has 0 aromatic carbocycles. The van der Waals surface area contributed by atoms with Gasteiger partial charge in [-0.2, -0.15) is 0 Å². The normalized spacial score (nSPS) is 52.8. The Hall–Kier alpha value is -0.0400. The Morgan fingerprint density at radius 1 is 1.05 bits per heavy atom. The lowest BCUT2D eigenvalue weighted by molar-refractivity contribution is -0.0659. The van der Waals surface area contributed by atoms with Crippen molar-refractivity contribution < 1.29 is 0 Å². The SMILES string of the molecule is CCC1CC(C)C12CCCC(C)C1CC(N)CC1CC2. The summed E-state index contributed by atoms with van der Waals surface area (Å²) in [6, 6.07) is 0.503. The first-order chi connectivity index (χ1) is 9.56. The van der Waals surface area contributed by atoms with Crippen LogP contribution in [0, 0.1) is 35.0 Å². The van der Waals surface area contributed by atoms with Crippen molar-refractivity contribution >= 4 is 0 Å². The molecule has 0 saturated heterocycles. The molecule has 7 atom stereocenters. The highest BCUT2D eigenvalue weighted by Crippen LogP contribution is 2.60. The van der Waals surface area contributed by atoms with Gasteiger partial charge in [0.1, 0.15) is 0 Å². The lowest BCUT2D eigenvalue weighted by atomic mass is 9.49. The zero-order valence-corrected chi connectivity index (χ0v) is 13.9. The van der Waals surface area contributed by atoms with Gasteiger partial charge in [0.2, 0.25) is 0 Å². The highest BCUT2D eigenvalue weighted by Gasteiger charge is 2.51. The third kappa shape index (κ3) is 2.34. The minimum atomic E-state index is 0.503. The molecule has 3 aliphatic rings. The quantitative estimate of drug-likeness (QED) is 0.717. The van der Waals surface area contributed by atoms with Crippen molar-refractivity contribution in [3.05, 3.63) is 0 Å². The van der Waals surface area contributed by atoms with Gasteiger partial charge >= 0.3 is 0 Å². The van der Waals surface area contributed by atoms with Crippen LogP contribution in [0.25, 0.3) is 0 Å². The van der Waals surface area contributed by atoms with Gasteiger partial charge in [-0.1, -0.05) is 40.0 Å². The molecule has 0 bridgehead atoms. The molecule has 0 heterocycles. The van der Waals surface area contributed by atoms with Crippen LogP contribution < -0.4 is 5.73 Å². The number of hydrogen-bond donors (Lipinski definition) is 1. The Morgan fingerprint density at radius 3 is 2.55 bits per heavy atom. The van der Waals surface area contributed by atoms with E-state index < -0.39 is 0 Å². The molecule has 3 aliphatic carbocycles. The van der Waals surface area contributed by atoms with E-state index in [4.69, 9.17) is 5.73 Å². The van der Waals surface area contributed by atoms with Crippen LogP contribution in [0.4, 0.5) is 0 Å². The molecule has 3 rings (SSSR count). The van der Waals surface area contributed by atoms with Crippen molar-refractivity contribution in [2.24, 2.45) is 40.7 Å². The molecule has 0 aromatic heterocycles. The van der Waals surface area contributed by atoms with Crippen LogP contribution in [-0.4, -0.2) is 6.04 Å². The standard InChI is InChI=1S/C19H35N/c1-4-16-10-14(3)19(16)8-5-6-13(2)18-12-17(20)11-15(18)7-9-19/h13-18H,4-12,20H2,1-3H3. The molecule has 2 N–H and O–H groups in total. The van der Waals surface area contributed by atoms with E-state index in [0.29, 0.717) is 6.04 Å². The van der Waals surface area contributed by atoms with Gasteiger partial charge in [-0.25, -0.2) is 0 Å². The predicted molar refractivity (Wildman–Crippen MR) is 86.4 cm³/mol. The summed E-state index contributed by atoms with van der Waals surface area (Å²) in [5.41, 5.74) is 7.01. The maximum atomic E-state index is 6.29. The Bertz CT molecular complexity index is 339. The lowest BCUT2D eigenvalue weighted by Crippen LogP contribution is -2.47. The molecule has 20 heavy (non-hydrogen) atoms. The minimum absolute atomic E-state index is 0.503. The molecule has 3 fully saturated rings. The number of hydrogen-bond acceptors (Lipinski definition) is 1. The maximum Gasteiger partial charge on any atom is 0.00444 e. The summed E-state index contributed by atoms with van der Waals surface area (Å²) in [6.07, 6.45) is 13.0. The minimum Gasteiger partial charge on any atom is -0.328 e. The van der Waals surface area contributed by atoms with Gasteiger partial charge in [-0.15, -0.1) is 0 Å². The highest BCUT2D eigenvalue weighted by atomic mass is 14.7. The van der Waals surface area contributed by atoms with Gasteiger partial charge in [-0.05, 0) is 73.5 Å². The molecule has 7 unspecified atom stereocenters. The largest absolute Gasteiger partial charge is 0.328 e. The summed E-state index contributed by atoms with van der Waals surface area (Å²) in [5, 5.41) is 0. The second kappa shape index (κ2) is 5.63. The Kier molecular flexibility index (Phi) is 4.19. The first-order valence-corrected chi connectivity index (χ1v) is 9.32. The Labute approximate surface area is 126 Å². The van der Waals surface area contributed by atoms with Crippen molar-refractivity contribution in [2.75, 3.05) is 0 Å². The third-order valence-electron chi connectivity index (χ3n) is 7.72. The average Bonchev–Trinajstić information content (AvgIpc) is 2.81. The molecule has 0 aromatic rings. The van der Waals surface area contributed by atoms with Crippen molar-refractivity contribution in [1.29, 1.82) is 0 Å². The van der Waals surface area contributed by atoms with Gasteiger partial charge in [-0.3, -0.25) is 0 Å². The zero-order valence-electron chi connectivity index (χ0n) is 13.9. The van der Waals surface area contributed by atoms with Crippen LogP contribution in [0.5, 0.6) is 0 Å². The van der Waals surface area contributed by atoms with Crippen molar-refractivity contribution in [2.45, 2.75) is 84.6 Å². The van der Waals surface area contributed by atoms with Crippen molar-refractivity contribution in [3.63, 3.8) is 0 Å². The first kappa shape index (κ1) is 14.9. The van der Waals surface area contributed by atoms with E-state index in [9.17, 15) is 0 Å². The molecule has 0 aliphatic heterocycles. The van der Waals surface area contributed by atoms with E-state index >= 15 is 0 Å². The second-order valence-corrected chi connectivity index (χ2v) is 8.54. The molecule has 116 valence electrons. The Balaban J connectivity index is 1.75. The third-order valence-corrected chi connectivity index (χ3v) is 7.72. The second-order valence-electron chi connectivity index (χ2n) is 8.54. The van der Waals surface area contributed by atoms with Crippen LogP contribution >= 0.6 is 0 Å². The molecular weight excluding hydrogens is 242 g/mol. The molecule has 0 amide bonds. The molecule has 3 saturated carbocycles. The van der Waals surface area contributed by atoms with Gasteiger partial charge in [0, 0.05) is 6.04 Å². The molecule has 1 heteroatoms. The summed E-state index contributed by atoms with van der Waals surface area (Å²) in [6.45, 7) is 7.46.